The second kappa shape index (κ2) is 9.09. The van der Waals surface area contributed by atoms with Crippen LogP contribution in [0.15, 0.2) is 30.3 Å². The molecule has 28 heavy (non-hydrogen) atoms. The van der Waals surface area contributed by atoms with Crippen LogP contribution in [0.1, 0.15) is 91.3 Å². The maximum Gasteiger partial charge on any atom is 0.147 e. The molecular weight excluding hydrogens is 358 g/mol. The summed E-state index contributed by atoms with van der Waals surface area (Å²) in [5, 5.41) is 1.20. The minimum Gasteiger partial charge on any atom is -0.417 e. The molecule has 2 aromatic rings. The summed E-state index contributed by atoms with van der Waals surface area (Å²) in [5.74, 6) is 0. The standard InChI is InChI=1S/C25H41NOSi/c1-8-9-10-11-14-17-24(6,7)25(27-28,23(3,4)5)21-18-20-15-12-13-16-22(20)26-19(21)2/h12-13,15-16,18H,8-11,14,17H2,1-7,28H3. The molecule has 0 N–H and O–H groups in total. The number of hydrogen-bond acceptors (Lipinski definition) is 2. The summed E-state index contributed by atoms with van der Waals surface area (Å²) in [6, 6.07) is 10.8. The number of unbranched alkanes of at least 4 members (excludes halogenated alkanes) is 4. The van der Waals surface area contributed by atoms with Crippen molar-refractivity contribution in [3.05, 3.63) is 41.6 Å². The van der Waals surface area contributed by atoms with Crippen LogP contribution in [-0.4, -0.2) is 15.5 Å². The van der Waals surface area contributed by atoms with E-state index in [1.54, 1.807) is 0 Å². The third-order valence-corrected chi connectivity index (χ3v) is 7.13. The fourth-order valence-corrected chi connectivity index (χ4v) is 6.78. The fourth-order valence-electron chi connectivity index (χ4n) is 5.39. The Labute approximate surface area is 176 Å². The lowest BCUT2D eigenvalue weighted by atomic mass is 9.57. The molecule has 1 atom stereocenters. The summed E-state index contributed by atoms with van der Waals surface area (Å²) in [6.45, 7) is 16.2. The number of fused-ring (bicyclic) bond motifs is 1. The van der Waals surface area contributed by atoms with Crippen LogP contribution in [-0.2, 0) is 10.0 Å². The molecule has 2 rings (SSSR count). The summed E-state index contributed by atoms with van der Waals surface area (Å²) in [6.07, 6.45) is 7.72. The molecule has 0 saturated carbocycles. The van der Waals surface area contributed by atoms with Crippen molar-refractivity contribution in [3.63, 3.8) is 0 Å². The van der Waals surface area contributed by atoms with Crippen molar-refractivity contribution in [2.75, 3.05) is 0 Å². The van der Waals surface area contributed by atoms with Gasteiger partial charge in [-0.05, 0) is 36.3 Å². The third kappa shape index (κ3) is 4.36. The Bertz CT molecular complexity index is 778. The van der Waals surface area contributed by atoms with Gasteiger partial charge in [0, 0.05) is 16.6 Å². The average molecular weight is 400 g/mol. The Kier molecular flexibility index (Phi) is 7.49. The molecule has 1 aromatic carbocycles. The number of aryl methyl sites for hydroxylation is 1. The highest BCUT2D eigenvalue weighted by molar-refractivity contribution is 5.98. The van der Waals surface area contributed by atoms with Crippen LogP contribution in [0.2, 0.25) is 0 Å². The normalized spacial score (nSPS) is 15.1. The van der Waals surface area contributed by atoms with E-state index in [0.29, 0.717) is 10.5 Å². The molecule has 0 bridgehead atoms. The van der Waals surface area contributed by atoms with Crippen molar-refractivity contribution in [2.24, 2.45) is 10.8 Å². The fraction of sp³-hybridized carbons (Fsp3) is 0.640. The molecule has 0 aliphatic carbocycles. The first-order valence-electron chi connectivity index (χ1n) is 11.0. The van der Waals surface area contributed by atoms with E-state index in [-0.39, 0.29) is 16.4 Å². The van der Waals surface area contributed by atoms with E-state index in [1.165, 1.54) is 49.5 Å². The lowest BCUT2D eigenvalue weighted by molar-refractivity contribution is -0.131. The molecule has 0 saturated heterocycles. The van der Waals surface area contributed by atoms with E-state index in [4.69, 9.17) is 9.41 Å². The third-order valence-electron chi connectivity index (χ3n) is 6.51. The zero-order chi connectivity index (χ0) is 21.0. The number of rotatable bonds is 9. The first-order valence-corrected chi connectivity index (χ1v) is 11.8. The van der Waals surface area contributed by atoms with Gasteiger partial charge in [-0.2, -0.15) is 0 Å². The average Bonchev–Trinajstić information content (AvgIpc) is 2.61. The second-order valence-corrected chi connectivity index (χ2v) is 10.4. The first-order chi connectivity index (χ1) is 13.1. The molecule has 0 amide bonds. The summed E-state index contributed by atoms with van der Waals surface area (Å²) >= 11 is 0. The molecule has 156 valence electrons. The highest BCUT2D eigenvalue weighted by Crippen LogP contribution is 2.56. The number of para-hydroxylation sites is 1. The van der Waals surface area contributed by atoms with Gasteiger partial charge < -0.3 is 4.43 Å². The van der Waals surface area contributed by atoms with Crippen molar-refractivity contribution in [1.29, 1.82) is 0 Å². The smallest absolute Gasteiger partial charge is 0.147 e. The minimum atomic E-state index is -0.349. The van der Waals surface area contributed by atoms with Crippen LogP contribution in [0.3, 0.4) is 0 Å². The van der Waals surface area contributed by atoms with Crippen molar-refractivity contribution < 1.29 is 4.43 Å². The maximum atomic E-state index is 6.66. The number of nitrogens with zero attached hydrogens (tertiary/aromatic N) is 1. The largest absolute Gasteiger partial charge is 0.417 e. The maximum absolute atomic E-state index is 6.66. The van der Waals surface area contributed by atoms with Gasteiger partial charge in [0.25, 0.3) is 0 Å². The summed E-state index contributed by atoms with van der Waals surface area (Å²) in [5.41, 5.74) is 3.08. The monoisotopic (exact) mass is 399 g/mol. The lowest BCUT2D eigenvalue weighted by Gasteiger charge is -2.55. The Morgan fingerprint density at radius 2 is 1.61 bits per heavy atom. The SMILES string of the molecule is CCCCCCCC(C)(C)C(O[SiH3])(c1cc2ccccc2nc1C)C(C)(C)C. The van der Waals surface area contributed by atoms with E-state index < -0.39 is 0 Å². The Hall–Kier alpha value is -1.19. The van der Waals surface area contributed by atoms with E-state index in [0.717, 1.165) is 11.2 Å². The highest BCUT2D eigenvalue weighted by atomic mass is 28.2. The number of benzene rings is 1. The van der Waals surface area contributed by atoms with Crippen molar-refractivity contribution in [3.8, 4) is 0 Å². The molecule has 3 heteroatoms. The quantitative estimate of drug-likeness (QED) is 0.356. The molecule has 0 aliphatic heterocycles. The van der Waals surface area contributed by atoms with Gasteiger partial charge in [0.2, 0.25) is 0 Å². The second-order valence-electron chi connectivity index (χ2n) is 10.00. The Morgan fingerprint density at radius 1 is 0.964 bits per heavy atom. The lowest BCUT2D eigenvalue weighted by Crippen LogP contribution is -2.53. The highest BCUT2D eigenvalue weighted by Gasteiger charge is 2.54. The Morgan fingerprint density at radius 3 is 2.21 bits per heavy atom. The zero-order valence-electron chi connectivity index (χ0n) is 19.5. The predicted octanol–water partition coefficient (Wildman–Crippen LogP) is 6.47. The van der Waals surface area contributed by atoms with Crippen LogP contribution in [0, 0.1) is 17.8 Å². The van der Waals surface area contributed by atoms with Gasteiger partial charge in [-0.3, -0.25) is 4.98 Å². The van der Waals surface area contributed by atoms with Gasteiger partial charge >= 0.3 is 0 Å². The van der Waals surface area contributed by atoms with Gasteiger partial charge in [-0.25, -0.2) is 0 Å². The van der Waals surface area contributed by atoms with Crippen LogP contribution < -0.4 is 0 Å². The van der Waals surface area contributed by atoms with Gasteiger partial charge in [0.05, 0.1) is 11.1 Å². The molecule has 1 unspecified atom stereocenters. The summed E-state index contributed by atoms with van der Waals surface area (Å²) < 4.78 is 6.66. The molecule has 2 nitrogen and oxygen atoms in total. The van der Waals surface area contributed by atoms with Crippen LogP contribution in [0.4, 0.5) is 0 Å². The van der Waals surface area contributed by atoms with Crippen molar-refractivity contribution in [2.45, 2.75) is 92.6 Å². The summed E-state index contributed by atoms with van der Waals surface area (Å²) in [7, 11) is 0.704. The van der Waals surface area contributed by atoms with Crippen LogP contribution in [0.25, 0.3) is 10.9 Å². The molecule has 0 fully saturated rings. The van der Waals surface area contributed by atoms with Gasteiger partial charge in [-0.1, -0.05) is 91.8 Å². The topological polar surface area (TPSA) is 22.1 Å². The van der Waals surface area contributed by atoms with Crippen molar-refractivity contribution in [1.82, 2.24) is 4.98 Å². The first kappa shape index (κ1) is 23.1. The molecule has 0 aliphatic rings. The molecule has 1 aromatic heterocycles. The Balaban J connectivity index is 2.53. The number of pyridine rings is 1. The molecular formula is C25H41NOSi. The molecule has 0 radical (unpaired) electrons. The van der Waals surface area contributed by atoms with Gasteiger partial charge in [0.15, 0.2) is 0 Å². The van der Waals surface area contributed by atoms with E-state index in [9.17, 15) is 0 Å². The number of hydrogen-bond donors (Lipinski definition) is 0. The van der Waals surface area contributed by atoms with E-state index >= 15 is 0 Å². The van der Waals surface area contributed by atoms with Crippen LogP contribution >= 0.6 is 0 Å². The number of aromatic nitrogens is 1. The van der Waals surface area contributed by atoms with Gasteiger partial charge in [0.1, 0.15) is 10.5 Å². The predicted molar refractivity (Wildman–Crippen MR) is 126 cm³/mol. The minimum absolute atomic E-state index is 0.0219. The zero-order valence-corrected chi connectivity index (χ0v) is 21.5. The molecule has 0 spiro atoms. The van der Waals surface area contributed by atoms with E-state index in [1.807, 2.05) is 0 Å². The van der Waals surface area contributed by atoms with E-state index in [2.05, 4.69) is 78.8 Å². The van der Waals surface area contributed by atoms with Crippen LogP contribution in [0.5, 0.6) is 0 Å². The summed E-state index contributed by atoms with van der Waals surface area (Å²) in [4.78, 5) is 4.97. The van der Waals surface area contributed by atoms with Gasteiger partial charge in [-0.15, -0.1) is 0 Å². The van der Waals surface area contributed by atoms with Crippen molar-refractivity contribution >= 4 is 21.4 Å². The molecule has 1 heterocycles.